The van der Waals surface area contributed by atoms with Gasteiger partial charge < -0.3 is 14.6 Å². The SMILES string of the molecule is C1=NCCO1.C1=NCCO1.Oc1ccccc1.[P]. The normalized spacial score (nSPS) is 14.0. The highest BCUT2D eigenvalue weighted by Gasteiger charge is 1.85. The third kappa shape index (κ3) is 9.60. The number of aromatic hydroxyl groups is 1. The lowest BCUT2D eigenvalue weighted by Crippen LogP contribution is -1.80. The Labute approximate surface area is 110 Å². The van der Waals surface area contributed by atoms with Crippen molar-refractivity contribution in [3.63, 3.8) is 0 Å². The van der Waals surface area contributed by atoms with Crippen LogP contribution in [-0.2, 0) is 9.47 Å². The minimum Gasteiger partial charge on any atom is -0.508 e. The fraction of sp³-hybridized carbons (Fsp3) is 0.333. The maximum Gasteiger partial charge on any atom is 0.169 e. The van der Waals surface area contributed by atoms with E-state index >= 15 is 0 Å². The molecule has 2 aliphatic rings. The van der Waals surface area contributed by atoms with Crippen LogP contribution in [0.4, 0.5) is 0 Å². The number of phenolic OH excluding ortho intramolecular Hbond substituents is 1. The van der Waals surface area contributed by atoms with E-state index in [1.165, 1.54) is 12.8 Å². The Morgan fingerprint density at radius 1 is 0.889 bits per heavy atom. The van der Waals surface area contributed by atoms with Crippen LogP contribution in [0, 0.1) is 0 Å². The minimum atomic E-state index is 0. The van der Waals surface area contributed by atoms with Crippen LogP contribution in [0.15, 0.2) is 40.3 Å². The molecule has 6 heteroatoms. The van der Waals surface area contributed by atoms with Crippen LogP contribution in [0.3, 0.4) is 0 Å². The molecule has 0 atom stereocenters. The molecule has 3 radical (unpaired) electrons. The topological polar surface area (TPSA) is 63.4 Å². The monoisotopic (exact) mass is 267 g/mol. The Balaban J connectivity index is 0.000000239. The molecule has 0 amide bonds. The van der Waals surface area contributed by atoms with Crippen molar-refractivity contribution in [2.24, 2.45) is 9.98 Å². The summed E-state index contributed by atoms with van der Waals surface area (Å²) in [5, 5.41) is 8.63. The molecule has 97 valence electrons. The first-order chi connectivity index (χ1) is 8.39. The average Bonchev–Trinajstić information content (AvgIpc) is 3.09. The molecule has 0 unspecified atom stereocenters. The van der Waals surface area contributed by atoms with E-state index < -0.39 is 0 Å². The van der Waals surface area contributed by atoms with Crippen LogP contribution >= 0.6 is 9.90 Å². The van der Waals surface area contributed by atoms with Crippen molar-refractivity contribution in [2.75, 3.05) is 26.3 Å². The fourth-order valence-corrected chi connectivity index (χ4v) is 0.955. The lowest BCUT2D eigenvalue weighted by atomic mass is 10.3. The van der Waals surface area contributed by atoms with Crippen LogP contribution in [-0.4, -0.2) is 44.2 Å². The van der Waals surface area contributed by atoms with E-state index in [0.717, 1.165) is 26.3 Å². The van der Waals surface area contributed by atoms with E-state index in [9.17, 15) is 0 Å². The van der Waals surface area contributed by atoms with Gasteiger partial charge in [0.25, 0.3) is 0 Å². The van der Waals surface area contributed by atoms with Gasteiger partial charge in [0.05, 0.1) is 13.1 Å². The summed E-state index contributed by atoms with van der Waals surface area (Å²) in [6.45, 7) is 3.25. The van der Waals surface area contributed by atoms with Crippen LogP contribution in [0.5, 0.6) is 5.75 Å². The van der Waals surface area contributed by atoms with Crippen molar-refractivity contribution in [3.05, 3.63) is 30.3 Å². The summed E-state index contributed by atoms with van der Waals surface area (Å²) in [7, 11) is 0. The molecule has 2 heterocycles. The smallest absolute Gasteiger partial charge is 0.169 e. The van der Waals surface area contributed by atoms with Crippen molar-refractivity contribution in [2.45, 2.75) is 0 Å². The van der Waals surface area contributed by atoms with Crippen LogP contribution < -0.4 is 0 Å². The van der Waals surface area contributed by atoms with Crippen molar-refractivity contribution < 1.29 is 14.6 Å². The molecule has 0 fully saturated rings. The van der Waals surface area contributed by atoms with Gasteiger partial charge in [-0.1, -0.05) is 18.2 Å². The average molecular weight is 267 g/mol. The van der Waals surface area contributed by atoms with Gasteiger partial charge in [-0.15, -0.1) is 0 Å². The first-order valence-electron chi connectivity index (χ1n) is 5.33. The number of hydrogen-bond acceptors (Lipinski definition) is 5. The molecular weight excluding hydrogens is 251 g/mol. The van der Waals surface area contributed by atoms with Gasteiger partial charge in [-0.25, -0.2) is 0 Å². The molecule has 5 nitrogen and oxygen atoms in total. The number of rotatable bonds is 0. The Kier molecular flexibility index (Phi) is 10.8. The Hall–Kier alpha value is -1.61. The van der Waals surface area contributed by atoms with Gasteiger partial charge in [0.15, 0.2) is 12.8 Å². The summed E-state index contributed by atoms with van der Waals surface area (Å²) in [5.41, 5.74) is 0. The largest absolute Gasteiger partial charge is 0.508 e. The standard InChI is InChI=1S/C6H6O.2C3H5NO.P/c7-6-4-2-1-3-5-6;2*1-2-5-3-4-1;/h1-5,7H;2*3H,1-2H2;. The molecule has 0 saturated carbocycles. The molecule has 0 aromatic heterocycles. The first kappa shape index (κ1) is 16.4. The molecule has 0 aliphatic carbocycles. The zero-order valence-corrected chi connectivity index (χ0v) is 10.9. The summed E-state index contributed by atoms with van der Waals surface area (Å²) in [5.74, 6) is 0.322. The Bertz CT molecular complexity index is 316. The quantitative estimate of drug-likeness (QED) is 0.734. The Morgan fingerprint density at radius 3 is 1.56 bits per heavy atom. The predicted molar refractivity (Wildman–Crippen MR) is 73.6 cm³/mol. The van der Waals surface area contributed by atoms with Gasteiger partial charge in [0, 0.05) is 9.90 Å². The van der Waals surface area contributed by atoms with Gasteiger partial charge in [-0.05, 0) is 12.1 Å². The van der Waals surface area contributed by atoms with Crippen LogP contribution in [0.25, 0.3) is 0 Å². The van der Waals surface area contributed by atoms with E-state index in [-0.39, 0.29) is 9.90 Å². The lowest BCUT2D eigenvalue weighted by molar-refractivity contribution is 0.361. The van der Waals surface area contributed by atoms with Crippen molar-refractivity contribution in [1.29, 1.82) is 0 Å². The molecule has 1 N–H and O–H groups in total. The van der Waals surface area contributed by atoms with Crippen LogP contribution in [0.1, 0.15) is 0 Å². The summed E-state index contributed by atoms with van der Waals surface area (Å²) < 4.78 is 9.31. The lowest BCUT2D eigenvalue weighted by Gasteiger charge is -1.82. The first-order valence-corrected chi connectivity index (χ1v) is 5.33. The van der Waals surface area contributed by atoms with E-state index in [4.69, 9.17) is 5.11 Å². The number of benzene rings is 1. The second-order valence-electron chi connectivity index (χ2n) is 3.10. The zero-order chi connectivity index (χ0) is 12.2. The van der Waals surface area contributed by atoms with Gasteiger partial charge in [-0.2, -0.15) is 0 Å². The van der Waals surface area contributed by atoms with E-state index in [2.05, 4.69) is 19.5 Å². The van der Waals surface area contributed by atoms with Crippen molar-refractivity contribution >= 4 is 22.7 Å². The second kappa shape index (κ2) is 11.9. The van der Waals surface area contributed by atoms with Gasteiger partial charge >= 0.3 is 0 Å². The highest BCUT2D eigenvalue weighted by atomic mass is 31.0. The van der Waals surface area contributed by atoms with Gasteiger partial charge in [0.2, 0.25) is 0 Å². The highest BCUT2D eigenvalue weighted by Crippen LogP contribution is 2.02. The van der Waals surface area contributed by atoms with Crippen molar-refractivity contribution in [3.8, 4) is 5.75 Å². The second-order valence-corrected chi connectivity index (χ2v) is 3.10. The van der Waals surface area contributed by atoms with Gasteiger partial charge in [0.1, 0.15) is 19.0 Å². The van der Waals surface area contributed by atoms with Crippen molar-refractivity contribution in [1.82, 2.24) is 0 Å². The molecule has 1 aromatic rings. The number of para-hydroxylation sites is 1. The maximum absolute atomic E-state index is 8.63. The molecule has 3 rings (SSSR count). The number of nitrogens with zero attached hydrogens (tertiary/aromatic N) is 2. The summed E-state index contributed by atoms with van der Waals surface area (Å²) >= 11 is 0. The summed E-state index contributed by atoms with van der Waals surface area (Å²) in [4.78, 5) is 7.47. The third-order valence-electron chi connectivity index (χ3n) is 1.73. The molecular formula is C12H16N2O3P. The number of aliphatic imine (C=N–C) groups is 2. The molecule has 0 spiro atoms. The van der Waals surface area contributed by atoms with Gasteiger partial charge in [-0.3, -0.25) is 9.98 Å². The molecule has 18 heavy (non-hydrogen) atoms. The summed E-state index contributed by atoms with van der Waals surface area (Å²) in [6.07, 6.45) is 2.97. The zero-order valence-electron chi connectivity index (χ0n) is 9.98. The molecule has 1 aromatic carbocycles. The third-order valence-corrected chi connectivity index (χ3v) is 1.73. The highest BCUT2D eigenvalue weighted by molar-refractivity contribution is 6.92. The van der Waals surface area contributed by atoms with E-state index in [1.54, 1.807) is 24.3 Å². The van der Waals surface area contributed by atoms with E-state index in [1.807, 2.05) is 6.07 Å². The van der Waals surface area contributed by atoms with E-state index in [0.29, 0.717) is 5.75 Å². The fourth-order valence-electron chi connectivity index (χ4n) is 0.955. The summed E-state index contributed by atoms with van der Waals surface area (Å²) in [6, 6.07) is 8.71. The minimum absolute atomic E-state index is 0. The number of hydrogen-bond donors (Lipinski definition) is 1. The molecule has 2 aliphatic heterocycles. The number of phenols is 1. The predicted octanol–water partition coefficient (Wildman–Crippen LogP) is 2.34. The molecule has 0 bridgehead atoms. The molecule has 0 saturated heterocycles. The maximum atomic E-state index is 8.63. The van der Waals surface area contributed by atoms with Crippen LogP contribution in [0.2, 0.25) is 0 Å². The Morgan fingerprint density at radius 2 is 1.39 bits per heavy atom. The number of ether oxygens (including phenoxy) is 2.